The molecule has 0 radical (unpaired) electrons. The Hall–Kier alpha value is -1.88. The number of benzene rings is 1. The lowest BCUT2D eigenvalue weighted by Crippen LogP contribution is -2.57. The molecule has 0 saturated carbocycles. The van der Waals surface area contributed by atoms with Crippen molar-refractivity contribution in [1.29, 1.82) is 0 Å². The van der Waals surface area contributed by atoms with Gasteiger partial charge >= 0.3 is 0 Å². The van der Waals surface area contributed by atoms with Crippen molar-refractivity contribution in [2.45, 2.75) is 32.0 Å². The third kappa shape index (κ3) is 4.09. The topological polar surface area (TPSA) is 39.6 Å². The van der Waals surface area contributed by atoms with Gasteiger partial charge in [0, 0.05) is 37.9 Å². The lowest BCUT2D eigenvalue weighted by atomic mass is 9.94. The van der Waals surface area contributed by atoms with E-state index in [1.807, 2.05) is 36.5 Å². The smallest absolute Gasteiger partial charge is 0.129 e. The number of nitrogens with zero attached hydrogens (tertiary/aromatic N) is 3. The molecule has 0 unspecified atom stereocenters. The highest BCUT2D eigenvalue weighted by molar-refractivity contribution is 6.29. The van der Waals surface area contributed by atoms with Gasteiger partial charge in [-0.05, 0) is 43.2 Å². The number of aromatic nitrogens is 1. The van der Waals surface area contributed by atoms with Gasteiger partial charge in [0.1, 0.15) is 10.9 Å². The molecule has 4 nitrogen and oxygen atoms in total. The normalized spacial score (nSPS) is 22.9. The number of phenols is 1. The van der Waals surface area contributed by atoms with Crippen molar-refractivity contribution < 1.29 is 5.11 Å². The van der Waals surface area contributed by atoms with Crippen molar-refractivity contribution >= 4 is 11.6 Å². The molecule has 1 aliphatic heterocycles. The molecule has 2 heterocycles. The van der Waals surface area contributed by atoms with E-state index in [9.17, 15) is 5.11 Å². The Morgan fingerprint density at radius 3 is 2.69 bits per heavy atom. The van der Waals surface area contributed by atoms with Gasteiger partial charge < -0.3 is 5.11 Å². The molecular formula is C21H26ClN3O. The van der Waals surface area contributed by atoms with Gasteiger partial charge in [-0.3, -0.25) is 9.80 Å². The SMILES string of the molecule is C=CCN1C[C@H](C)N([C@@H](c2ccc(Cl)nc2)c2cccc(O)c2)C[C@H]1C. The minimum Gasteiger partial charge on any atom is -0.508 e. The van der Waals surface area contributed by atoms with Crippen LogP contribution in [0.25, 0.3) is 0 Å². The first-order valence-corrected chi connectivity index (χ1v) is 9.38. The van der Waals surface area contributed by atoms with E-state index in [1.54, 1.807) is 6.07 Å². The van der Waals surface area contributed by atoms with Crippen LogP contribution in [0, 0.1) is 0 Å². The van der Waals surface area contributed by atoms with Crippen LogP contribution in [-0.2, 0) is 0 Å². The number of halogens is 1. The van der Waals surface area contributed by atoms with Crippen LogP contribution in [-0.4, -0.2) is 51.6 Å². The fourth-order valence-corrected chi connectivity index (χ4v) is 3.94. The number of piperazine rings is 1. The molecule has 1 fully saturated rings. The Bertz CT molecular complexity index is 749. The first-order chi connectivity index (χ1) is 12.5. The quantitative estimate of drug-likeness (QED) is 0.634. The van der Waals surface area contributed by atoms with E-state index in [2.05, 4.69) is 41.3 Å². The molecule has 3 atom stereocenters. The Kier molecular flexibility index (Phi) is 5.97. The molecule has 0 spiro atoms. The van der Waals surface area contributed by atoms with Crippen LogP contribution < -0.4 is 0 Å². The molecule has 1 aromatic heterocycles. The van der Waals surface area contributed by atoms with Crippen LogP contribution in [0.5, 0.6) is 5.75 Å². The number of hydrogen-bond acceptors (Lipinski definition) is 4. The van der Waals surface area contributed by atoms with Crippen LogP contribution in [0.3, 0.4) is 0 Å². The van der Waals surface area contributed by atoms with Crippen molar-refractivity contribution in [1.82, 2.24) is 14.8 Å². The van der Waals surface area contributed by atoms with Gasteiger partial charge in [-0.25, -0.2) is 4.98 Å². The van der Waals surface area contributed by atoms with Crippen LogP contribution >= 0.6 is 11.6 Å². The summed E-state index contributed by atoms with van der Waals surface area (Å²) in [5.74, 6) is 0.278. The van der Waals surface area contributed by atoms with Crippen molar-refractivity contribution in [3.8, 4) is 5.75 Å². The highest BCUT2D eigenvalue weighted by Crippen LogP contribution is 2.34. The molecule has 1 N–H and O–H groups in total. The second-order valence-corrected chi connectivity index (χ2v) is 7.44. The molecule has 0 amide bonds. The Morgan fingerprint density at radius 1 is 1.23 bits per heavy atom. The number of hydrogen-bond donors (Lipinski definition) is 1. The average molecular weight is 372 g/mol. The molecule has 26 heavy (non-hydrogen) atoms. The molecular weight excluding hydrogens is 346 g/mol. The molecule has 1 aromatic carbocycles. The monoisotopic (exact) mass is 371 g/mol. The maximum atomic E-state index is 10.0. The third-order valence-electron chi connectivity index (χ3n) is 5.11. The summed E-state index contributed by atoms with van der Waals surface area (Å²) in [6.07, 6.45) is 3.80. The van der Waals surface area contributed by atoms with Crippen molar-refractivity contribution in [3.63, 3.8) is 0 Å². The van der Waals surface area contributed by atoms with Crippen LogP contribution in [0.4, 0.5) is 0 Å². The zero-order chi connectivity index (χ0) is 18.7. The minimum atomic E-state index is 0.0233. The Balaban J connectivity index is 1.98. The number of phenolic OH excluding ortho intramolecular Hbond substituents is 1. The summed E-state index contributed by atoms with van der Waals surface area (Å²) in [6.45, 7) is 11.2. The molecule has 1 aliphatic rings. The molecule has 1 saturated heterocycles. The number of aromatic hydroxyl groups is 1. The minimum absolute atomic E-state index is 0.0233. The van der Waals surface area contributed by atoms with E-state index >= 15 is 0 Å². The van der Waals surface area contributed by atoms with E-state index < -0.39 is 0 Å². The number of pyridine rings is 1. The van der Waals surface area contributed by atoms with Crippen LogP contribution in [0.1, 0.15) is 31.0 Å². The fraction of sp³-hybridized carbons (Fsp3) is 0.381. The van der Waals surface area contributed by atoms with E-state index in [0.717, 1.165) is 30.8 Å². The molecule has 3 rings (SSSR count). The fourth-order valence-electron chi connectivity index (χ4n) is 3.82. The first-order valence-electron chi connectivity index (χ1n) is 9.00. The van der Waals surface area contributed by atoms with Crippen molar-refractivity contribution in [3.05, 3.63) is 71.5 Å². The van der Waals surface area contributed by atoms with Gasteiger partial charge in [0.2, 0.25) is 0 Å². The van der Waals surface area contributed by atoms with E-state index in [0.29, 0.717) is 17.2 Å². The second kappa shape index (κ2) is 8.21. The molecule has 0 aliphatic carbocycles. The maximum absolute atomic E-state index is 10.0. The summed E-state index contributed by atoms with van der Waals surface area (Å²) in [5.41, 5.74) is 2.14. The molecule has 138 valence electrons. The first kappa shape index (κ1) is 18.9. The second-order valence-electron chi connectivity index (χ2n) is 7.05. The van der Waals surface area contributed by atoms with Crippen LogP contribution in [0.2, 0.25) is 5.15 Å². The van der Waals surface area contributed by atoms with E-state index in [-0.39, 0.29) is 11.8 Å². The summed E-state index contributed by atoms with van der Waals surface area (Å²) in [5, 5.41) is 10.5. The highest BCUT2D eigenvalue weighted by atomic mass is 35.5. The predicted molar refractivity (Wildman–Crippen MR) is 107 cm³/mol. The Morgan fingerprint density at radius 2 is 2.04 bits per heavy atom. The zero-order valence-corrected chi connectivity index (χ0v) is 16.1. The van der Waals surface area contributed by atoms with Crippen molar-refractivity contribution in [2.24, 2.45) is 0 Å². The maximum Gasteiger partial charge on any atom is 0.129 e. The van der Waals surface area contributed by atoms with Gasteiger partial charge in [-0.15, -0.1) is 6.58 Å². The largest absolute Gasteiger partial charge is 0.508 e. The van der Waals surface area contributed by atoms with E-state index in [1.165, 1.54) is 0 Å². The lowest BCUT2D eigenvalue weighted by molar-refractivity contribution is 0.0305. The highest BCUT2D eigenvalue weighted by Gasteiger charge is 2.34. The summed E-state index contributed by atoms with van der Waals surface area (Å²) in [6, 6.07) is 12.2. The van der Waals surface area contributed by atoms with Gasteiger partial charge in [-0.2, -0.15) is 0 Å². The van der Waals surface area contributed by atoms with Crippen molar-refractivity contribution in [2.75, 3.05) is 19.6 Å². The van der Waals surface area contributed by atoms with E-state index in [4.69, 9.17) is 11.6 Å². The van der Waals surface area contributed by atoms with Gasteiger partial charge in [-0.1, -0.05) is 35.9 Å². The summed E-state index contributed by atoms with van der Waals surface area (Å²) < 4.78 is 0. The number of rotatable bonds is 5. The molecule has 2 aromatic rings. The Labute approximate surface area is 160 Å². The zero-order valence-electron chi connectivity index (χ0n) is 15.3. The van der Waals surface area contributed by atoms with Gasteiger partial charge in [0.15, 0.2) is 0 Å². The van der Waals surface area contributed by atoms with Gasteiger partial charge in [0.25, 0.3) is 0 Å². The summed E-state index contributed by atoms with van der Waals surface area (Å²) in [7, 11) is 0. The molecule has 5 heteroatoms. The third-order valence-corrected chi connectivity index (χ3v) is 5.33. The van der Waals surface area contributed by atoms with Crippen LogP contribution in [0.15, 0.2) is 55.3 Å². The molecule has 0 bridgehead atoms. The lowest BCUT2D eigenvalue weighted by Gasteiger charge is -2.47. The summed E-state index contributed by atoms with van der Waals surface area (Å²) in [4.78, 5) is 9.23. The van der Waals surface area contributed by atoms with Gasteiger partial charge in [0.05, 0.1) is 6.04 Å². The average Bonchev–Trinajstić information content (AvgIpc) is 2.61. The standard InChI is InChI=1S/C21H26ClN3O/c1-4-10-24-13-16(3)25(14-15(24)2)21(17-6-5-7-19(26)11-17)18-8-9-20(22)23-12-18/h4-9,11-12,15-16,21,26H,1,10,13-14H2,2-3H3/t15-,16+,21-/m1/s1. The summed E-state index contributed by atoms with van der Waals surface area (Å²) >= 11 is 6.00. The predicted octanol–water partition coefficient (Wildman–Crippen LogP) is 4.11.